The Morgan fingerprint density at radius 1 is 1.70 bits per heavy atom. The van der Waals surface area contributed by atoms with Crippen molar-refractivity contribution in [2.75, 3.05) is 13.6 Å². The molecule has 1 saturated heterocycles. The molecule has 1 heteroatoms. The first-order valence-electron chi connectivity index (χ1n) is 4.05. The van der Waals surface area contributed by atoms with Crippen LogP contribution in [0.1, 0.15) is 19.8 Å². The van der Waals surface area contributed by atoms with Gasteiger partial charge in [0, 0.05) is 12.6 Å². The summed E-state index contributed by atoms with van der Waals surface area (Å²) >= 11 is 0. The topological polar surface area (TPSA) is 3.24 Å². The van der Waals surface area contributed by atoms with Crippen LogP contribution in [0, 0.1) is 5.92 Å². The van der Waals surface area contributed by atoms with E-state index in [0.29, 0.717) is 0 Å². The van der Waals surface area contributed by atoms with Crippen molar-refractivity contribution in [1.29, 1.82) is 0 Å². The maximum Gasteiger partial charge on any atom is 0.00672 e. The normalized spacial score (nSPS) is 34.6. The van der Waals surface area contributed by atoms with Crippen LogP contribution in [0.3, 0.4) is 0 Å². The standard InChI is InChI=1S/C9H17N/c1-4-5-9-6-8(2)10(3)7-9/h4,8-9H,1,5-7H2,2-3H3. The second-order valence-corrected chi connectivity index (χ2v) is 3.41. The van der Waals surface area contributed by atoms with E-state index in [4.69, 9.17) is 0 Å². The lowest BCUT2D eigenvalue weighted by Gasteiger charge is -2.12. The van der Waals surface area contributed by atoms with Crippen LogP contribution in [0.15, 0.2) is 12.7 Å². The van der Waals surface area contributed by atoms with Crippen molar-refractivity contribution in [3.8, 4) is 0 Å². The van der Waals surface area contributed by atoms with E-state index in [9.17, 15) is 0 Å². The zero-order chi connectivity index (χ0) is 7.56. The van der Waals surface area contributed by atoms with Gasteiger partial charge < -0.3 is 4.90 Å². The molecule has 0 aromatic carbocycles. The van der Waals surface area contributed by atoms with Gasteiger partial charge in [-0.3, -0.25) is 0 Å². The summed E-state index contributed by atoms with van der Waals surface area (Å²) in [5.41, 5.74) is 0. The summed E-state index contributed by atoms with van der Waals surface area (Å²) in [4.78, 5) is 2.42. The van der Waals surface area contributed by atoms with Crippen LogP contribution < -0.4 is 0 Å². The van der Waals surface area contributed by atoms with Gasteiger partial charge in [0.2, 0.25) is 0 Å². The van der Waals surface area contributed by atoms with E-state index >= 15 is 0 Å². The second kappa shape index (κ2) is 3.20. The highest BCUT2D eigenvalue weighted by atomic mass is 15.1. The van der Waals surface area contributed by atoms with E-state index in [1.807, 2.05) is 6.08 Å². The van der Waals surface area contributed by atoms with Gasteiger partial charge in [0.1, 0.15) is 0 Å². The molecule has 0 N–H and O–H groups in total. The Morgan fingerprint density at radius 2 is 2.40 bits per heavy atom. The summed E-state index contributed by atoms with van der Waals surface area (Å²) in [5, 5.41) is 0. The first kappa shape index (κ1) is 7.80. The number of hydrogen-bond donors (Lipinski definition) is 0. The molecule has 0 aliphatic carbocycles. The van der Waals surface area contributed by atoms with Crippen LogP contribution in [0.25, 0.3) is 0 Å². The summed E-state index contributed by atoms with van der Waals surface area (Å²) in [6.45, 7) is 7.31. The third kappa shape index (κ3) is 1.60. The van der Waals surface area contributed by atoms with Gasteiger partial charge in [0.25, 0.3) is 0 Å². The van der Waals surface area contributed by atoms with E-state index in [0.717, 1.165) is 12.0 Å². The highest BCUT2D eigenvalue weighted by Gasteiger charge is 2.24. The molecule has 1 rings (SSSR count). The molecule has 1 heterocycles. The van der Waals surface area contributed by atoms with Crippen molar-refractivity contribution in [2.24, 2.45) is 5.92 Å². The van der Waals surface area contributed by atoms with E-state index in [1.165, 1.54) is 19.4 Å². The fraction of sp³-hybridized carbons (Fsp3) is 0.778. The molecular weight excluding hydrogens is 122 g/mol. The fourth-order valence-electron chi connectivity index (χ4n) is 1.73. The summed E-state index contributed by atoms with van der Waals surface area (Å²) in [7, 11) is 2.20. The third-order valence-corrected chi connectivity index (χ3v) is 2.47. The lowest BCUT2D eigenvalue weighted by atomic mass is 10.0. The minimum Gasteiger partial charge on any atom is -0.303 e. The molecule has 2 atom stereocenters. The first-order valence-corrected chi connectivity index (χ1v) is 4.05. The maximum atomic E-state index is 3.76. The van der Waals surface area contributed by atoms with Crippen LogP contribution in [0.4, 0.5) is 0 Å². The summed E-state index contributed by atoms with van der Waals surface area (Å²) in [5.74, 6) is 0.873. The van der Waals surface area contributed by atoms with E-state index in [2.05, 4.69) is 25.5 Å². The number of hydrogen-bond acceptors (Lipinski definition) is 1. The van der Waals surface area contributed by atoms with Gasteiger partial charge >= 0.3 is 0 Å². The molecule has 58 valence electrons. The smallest absolute Gasteiger partial charge is 0.00672 e. The monoisotopic (exact) mass is 139 g/mol. The van der Waals surface area contributed by atoms with Gasteiger partial charge in [-0.1, -0.05) is 6.08 Å². The highest BCUT2D eigenvalue weighted by molar-refractivity contribution is 4.84. The molecule has 0 spiro atoms. The van der Waals surface area contributed by atoms with Crippen molar-refractivity contribution in [3.05, 3.63) is 12.7 Å². The molecular formula is C9H17N. The largest absolute Gasteiger partial charge is 0.303 e. The molecule has 0 amide bonds. The fourth-order valence-corrected chi connectivity index (χ4v) is 1.73. The molecule has 0 bridgehead atoms. The quantitative estimate of drug-likeness (QED) is 0.528. The van der Waals surface area contributed by atoms with Gasteiger partial charge in [-0.2, -0.15) is 0 Å². The summed E-state index contributed by atoms with van der Waals surface area (Å²) in [6, 6.07) is 0.782. The molecule has 10 heavy (non-hydrogen) atoms. The van der Waals surface area contributed by atoms with Crippen LogP contribution in [0.2, 0.25) is 0 Å². The van der Waals surface area contributed by atoms with E-state index < -0.39 is 0 Å². The van der Waals surface area contributed by atoms with Crippen LogP contribution in [-0.4, -0.2) is 24.5 Å². The van der Waals surface area contributed by atoms with Crippen molar-refractivity contribution < 1.29 is 0 Å². The van der Waals surface area contributed by atoms with Gasteiger partial charge in [0.05, 0.1) is 0 Å². The van der Waals surface area contributed by atoms with Crippen LogP contribution in [0.5, 0.6) is 0 Å². The van der Waals surface area contributed by atoms with Gasteiger partial charge in [-0.25, -0.2) is 0 Å². The molecule has 1 nitrogen and oxygen atoms in total. The van der Waals surface area contributed by atoms with Crippen molar-refractivity contribution in [2.45, 2.75) is 25.8 Å². The van der Waals surface area contributed by atoms with Crippen LogP contribution >= 0.6 is 0 Å². The molecule has 1 aliphatic rings. The predicted octanol–water partition coefficient (Wildman–Crippen LogP) is 1.90. The number of allylic oxidation sites excluding steroid dienone is 1. The minimum absolute atomic E-state index is 0.782. The molecule has 1 fully saturated rings. The summed E-state index contributed by atoms with van der Waals surface area (Å²) in [6.07, 6.45) is 4.58. The van der Waals surface area contributed by atoms with Gasteiger partial charge in [0.15, 0.2) is 0 Å². The summed E-state index contributed by atoms with van der Waals surface area (Å²) < 4.78 is 0. The Hall–Kier alpha value is -0.300. The molecule has 0 saturated carbocycles. The SMILES string of the molecule is C=CCC1CC(C)N(C)C1. The Morgan fingerprint density at radius 3 is 2.80 bits per heavy atom. The molecule has 0 aromatic rings. The van der Waals surface area contributed by atoms with E-state index in [-0.39, 0.29) is 0 Å². The lowest BCUT2D eigenvalue weighted by Crippen LogP contribution is -2.21. The van der Waals surface area contributed by atoms with Gasteiger partial charge in [-0.05, 0) is 32.7 Å². The number of rotatable bonds is 2. The Labute approximate surface area is 63.7 Å². The Bertz CT molecular complexity index is 110. The minimum atomic E-state index is 0.782. The molecule has 2 unspecified atom stereocenters. The average Bonchev–Trinajstić information content (AvgIpc) is 2.14. The maximum absolute atomic E-state index is 3.76. The van der Waals surface area contributed by atoms with Crippen molar-refractivity contribution >= 4 is 0 Å². The number of likely N-dealkylation sites (tertiary alicyclic amines) is 1. The lowest BCUT2D eigenvalue weighted by molar-refractivity contribution is 0.325. The van der Waals surface area contributed by atoms with Gasteiger partial charge in [-0.15, -0.1) is 6.58 Å². The third-order valence-electron chi connectivity index (χ3n) is 2.47. The van der Waals surface area contributed by atoms with Crippen molar-refractivity contribution in [1.82, 2.24) is 4.90 Å². The van der Waals surface area contributed by atoms with Crippen LogP contribution in [-0.2, 0) is 0 Å². The molecule has 0 aromatic heterocycles. The second-order valence-electron chi connectivity index (χ2n) is 3.41. The molecule has 0 radical (unpaired) electrons. The zero-order valence-electron chi connectivity index (χ0n) is 7.01. The highest BCUT2D eigenvalue weighted by Crippen LogP contribution is 2.23. The first-order chi connectivity index (χ1) is 4.74. The Kier molecular flexibility index (Phi) is 2.50. The Balaban J connectivity index is 2.33. The number of nitrogens with zero attached hydrogens (tertiary/aromatic N) is 1. The van der Waals surface area contributed by atoms with E-state index in [1.54, 1.807) is 0 Å². The zero-order valence-corrected chi connectivity index (χ0v) is 7.01. The van der Waals surface area contributed by atoms with Crippen molar-refractivity contribution in [3.63, 3.8) is 0 Å². The average molecular weight is 139 g/mol. The predicted molar refractivity (Wildman–Crippen MR) is 45.0 cm³/mol. The molecule has 1 aliphatic heterocycles.